The second kappa shape index (κ2) is 11.6. The van der Waals surface area contributed by atoms with Crippen molar-refractivity contribution < 1.29 is 29.5 Å². The molecule has 0 spiro atoms. The van der Waals surface area contributed by atoms with E-state index in [1.54, 1.807) is 0 Å². The summed E-state index contributed by atoms with van der Waals surface area (Å²) in [6.45, 7) is 0. The van der Waals surface area contributed by atoms with Crippen molar-refractivity contribution in [3.05, 3.63) is 42.5 Å². The Kier molecular flexibility index (Phi) is 10.0. The van der Waals surface area contributed by atoms with Crippen molar-refractivity contribution >= 4 is 28.9 Å². The number of phenolic OH excluding ortho intramolecular Hbond substituents is 1. The van der Waals surface area contributed by atoms with Gasteiger partial charge in [0.2, 0.25) is 11.8 Å². The number of aromatic hydroxyl groups is 1. The molecule has 0 aromatic heterocycles. The number of nitrogens with one attached hydrogen (secondary N) is 2. The van der Waals surface area contributed by atoms with E-state index >= 15 is 0 Å². The Balaban J connectivity index is 0.000000546. The van der Waals surface area contributed by atoms with Crippen LogP contribution in [-0.2, 0) is 9.59 Å². The number of hydrogen-bond donors (Lipinski definition) is 5. The molecule has 0 aliphatic carbocycles. The number of nitrogens with two attached hydrogens (primary N) is 2. The quantitative estimate of drug-likeness (QED) is 0.123. The Hall–Kier alpha value is -3.92. The molecule has 0 heterocycles. The highest BCUT2D eigenvalue weighted by Crippen LogP contribution is 2.38. The summed E-state index contributed by atoms with van der Waals surface area (Å²) in [7, 11) is 0. The molecule has 0 radical (unpaired) electrons. The van der Waals surface area contributed by atoms with Crippen molar-refractivity contribution in [3.63, 3.8) is 0 Å². The zero-order chi connectivity index (χ0) is 21.9. The van der Waals surface area contributed by atoms with Gasteiger partial charge in [-0.05, 0) is 12.8 Å². The number of phenols is 1. The summed E-state index contributed by atoms with van der Waals surface area (Å²) in [6.07, 6.45) is 1.95. The molecule has 2 amide bonds. The summed E-state index contributed by atoms with van der Waals surface area (Å²) in [4.78, 5) is 48.9. The van der Waals surface area contributed by atoms with Crippen LogP contribution >= 0.6 is 0 Å². The summed E-state index contributed by atoms with van der Waals surface area (Å²) in [5.41, 5.74) is 1.00. The predicted molar refractivity (Wildman–Crippen MR) is 91.2 cm³/mol. The molecule has 0 unspecified atom stereocenters. The Bertz CT molecular complexity index is 715. The molecule has 0 fully saturated rings. The van der Waals surface area contributed by atoms with Crippen LogP contribution in [0, 0.1) is 30.3 Å². The average Bonchev–Trinajstić information content (AvgIpc) is 2.64. The molecule has 1 aromatic rings. The number of unbranched alkanes of at least 4 members (excludes halogenated alkanes) is 1. The summed E-state index contributed by atoms with van der Waals surface area (Å²) >= 11 is 0. The number of hydrogen-bond acceptors (Lipinski definition) is 11. The SMILES string of the molecule is NNC(=O)CCCCC(=O)NN.O=[N+]([O-])c1cc([N+](=O)[O-])c(O)c([N+](=O)[O-])c1. The largest absolute Gasteiger partial charge is 0.497 e. The number of benzene rings is 1. The maximum absolute atomic E-state index is 10.6. The smallest absolute Gasteiger partial charge is 0.324 e. The third kappa shape index (κ3) is 7.97. The molecule has 0 aliphatic rings. The minimum absolute atomic E-state index is 0.219. The van der Waals surface area contributed by atoms with Gasteiger partial charge in [-0.1, -0.05) is 0 Å². The van der Waals surface area contributed by atoms with E-state index in [-0.39, 0.29) is 11.8 Å². The van der Waals surface area contributed by atoms with E-state index in [4.69, 9.17) is 16.8 Å². The molecule has 0 saturated heterocycles. The molecule has 16 nitrogen and oxygen atoms in total. The van der Waals surface area contributed by atoms with Gasteiger partial charge in [0.15, 0.2) is 0 Å². The molecule has 16 heteroatoms. The molecule has 1 aromatic carbocycles. The van der Waals surface area contributed by atoms with Gasteiger partial charge in [-0.2, -0.15) is 0 Å². The van der Waals surface area contributed by atoms with E-state index in [0.29, 0.717) is 37.8 Å². The Morgan fingerprint density at radius 2 is 1.21 bits per heavy atom. The lowest BCUT2D eigenvalue weighted by Gasteiger charge is -1.99. The van der Waals surface area contributed by atoms with Crippen molar-refractivity contribution in [2.24, 2.45) is 11.7 Å². The van der Waals surface area contributed by atoms with E-state index in [1.165, 1.54) is 0 Å². The zero-order valence-corrected chi connectivity index (χ0v) is 14.2. The van der Waals surface area contributed by atoms with Gasteiger partial charge in [0.1, 0.15) is 0 Å². The molecule has 0 saturated carbocycles. The number of carbonyl (C=O) groups is 2. The number of non-ortho nitro benzene ring substituents is 1. The van der Waals surface area contributed by atoms with Crippen LogP contribution in [0.5, 0.6) is 5.75 Å². The first-order valence-electron chi connectivity index (χ1n) is 7.34. The molecular weight excluding hydrogens is 386 g/mol. The summed E-state index contributed by atoms with van der Waals surface area (Å²) in [5.74, 6) is 8.04. The number of nitro benzene ring substituents is 3. The fourth-order valence-corrected chi connectivity index (χ4v) is 1.69. The highest BCUT2D eigenvalue weighted by Gasteiger charge is 2.30. The van der Waals surface area contributed by atoms with Crippen LogP contribution in [0.25, 0.3) is 0 Å². The summed E-state index contributed by atoms with van der Waals surface area (Å²) in [6, 6.07) is 0.894. The topological polar surface area (TPSA) is 260 Å². The van der Waals surface area contributed by atoms with Crippen LogP contribution in [-0.4, -0.2) is 31.7 Å². The second-order valence-corrected chi connectivity index (χ2v) is 4.95. The number of carbonyl (C=O) groups excluding carboxylic acids is 2. The first-order chi connectivity index (χ1) is 13.0. The van der Waals surface area contributed by atoms with Crippen molar-refractivity contribution in [1.29, 1.82) is 0 Å². The van der Waals surface area contributed by atoms with Crippen LogP contribution in [0.1, 0.15) is 25.7 Å². The third-order valence-corrected chi connectivity index (χ3v) is 3.04. The van der Waals surface area contributed by atoms with Crippen LogP contribution in [0.4, 0.5) is 17.1 Å². The summed E-state index contributed by atoms with van der Waals surface area (Å²) < 4.78 is 0. The van der Waals surface area contributed by atoms with Crippen molar-refractivity contribution in [3.8, 4) is 5.75 Å². The lowest BCUT2D eigenvalue weighted by Crippen LogP contribution is -2.30. The van der Waals surface area contributed by atoms with Gasteiger partial charge in [-0.3, -0.25) is 50.8 Å². The van der Waals surface area contributed by atoms with Gasteiger partial charge in [-0.15, -0.1) is 0 Å². The van der Waals surface area contributed by atoms with Crippen LogP contribution in [0.3, 0.4) is 0 Å². The van der Waals surface area contributed by atoms with Crippen molar-refractivity contribution in [2.75, 3.05) is 0 Å². The van der Waals surface area contributed by atoms with E-state index < -0.39 is 37.6 Å². The standard InChI is InChI=1S/C6H14N4O2.C6H3N3O7/c7-9-5(11)3-1-2-4-6(12)10-8;10-6-4(8(13)14)1-3(7(11)12)2-5(6)9(15)16/h1-4,7-8H2,(H,9,11)(H,10,12);1-2,10H. The summed E-state index contributed by atoms with van der Waals surface area (Å²) in [5, 5.41) is 40.2. The van der Waals surface area contributed by atoms with Crippen molar-refractivity contribution in [1.82, 2.24) is 10.9 Å². The number of nitro groups is 3. The normalized spacial score (nSPS) is 9.50. The molecule has 0 aliphatic heterocycles. The van der Waals surface area contributed by atoms with Gasteiger partial charge in [0.25, 0.3) is 11.4 Å². The van der Waals surface area contributed by atoms with Gasteiger partial charge in [0.05, 0.1) is 26.9 Å². The molecule has 154 valence electrons. The van der Waals surface area contributed by atoms with E-state index in [9.17, 15) is 39.9 Å². The Morgan fingerprint density at radius 3 is 1.46 bits per heavy atom. The fraction of sp³-hybridized carbons (Fsp3) is 0.333. The van der Waals surface area contributed by atoms with E-state index in [1.807, 2.05) is 10.9 Å². The van der Waals surface area contributed by atoms with Gasteiger partial charge in [-0.25, -0.2) is 11.7 Å². The first kappa shape index (κ1) is 24.1. The molecule has 0 atom stereocenters. The van der Waals surface area contributed by atoms with Crippen LogP contribution in [0.2, 0.25) is 0 Å². The lowest BCUT2D eigenvalue weighted by atomic mass is 10.2. The first-order valence-corrected chi connectivity index (χ1v) is 7.34. The van der Waals surface area contributed by atoms with E-state index in [2.05, 4.69) is 0 Å². The monoisotopic (exact) mass is 403 g/mol. The lowest BCUT2D eigenvalue weighted by molar-refractivity contribution is -0.404. The molecule has 0 bridgehead atoms. The van der Waals surface area contributed by atoms with Gasteiger partial charge >= 0.3 is 11.4 Å². The van der Waals surface area contributed by atoms with Gasteiger partial charge < -0.3 is 5.11 Å². The number of nitrogens with zero attached hydrogens (tertiary/aromatic N) is 3. The molecule has 28 heavy (non-hydrogen) atoms. The molecule has 1 rings (SSSR count). The minimum atomic E-state index is -1.21. The molecular formula is C12H17N7O9. The average molecular weight is 403 g/mol. The third-order valence-electron chi connectivity index (χ3n) is 3.04. The number of hydrazine groups is 2. The highest BCUT2D eigenvalue weighted by atomic mass is 16.6. The fourth-order valence-electron chi connectivity index (χ4n) is 1.69. The van der Waals surface area contributed by atoms with Crippen molar-refractivity contribution in [2.45, 2.75) is 25.7 Å². The Morgan fingerprint density at radius 1 is 0.857 bits per heavy atom. The highest BCUT2D eigenvalue weighted by molar-refractivity contribution is 5.76. The van der Waals surface area contributed by atoms with E-state index in [0.717, 1.165) is 0 Å². The second-order valence-electron chi connectivity index (χ2n) is 4.95. The number of rotatable bonds is 8. The van der Waals surface area contributed by atoms with Gasteiger partial charge in [0, 0.05) is 12.8 Å². The Labute approximate surface area is 155 Å². The maximum Gasteiger partial charge on any atom is 0.324 e. The van der Waals surface area contributed by atoms with Crippen LogP contribution < -0.4 is 22.5 Å². The minimum Gasteiger partial charge on any atom is -0.497 e. The predicted octanol–water partition coefficient (Wildman–Crippen LogP) is -0.357. The number of amides is 2. The molecule has 7 N–H and O–H groups in total. The zero-order valence-electron chi connectivity index (χ0n) is 14.2. The van der Waals surface area contributed by atoms with Crippen LogP contribution in [0.15, 0.2) is 12.1 Å². The maximum atomic E-state index is 10.6.